The molecule has 2 atom stereocenters. The Kier molecular flexibility index (Phi) is 4.71. The monoisotopic (exact) mass is 350 g/mol. The Morgan fingerprint density at radius 1 is 1.21 bits per heavy atom. The van der Waals surface area contributed by atoms with Crippen LogP contribution in [0.4, 0.5) is 0 Å². The van der Waals surface area contributed by atoms with Gasteiger partial charge in [0.25, 0.3) is 0 Å². The molecule has 132 valence electrons. The highest BCUT2D eigenvalue weighted by Gasteiger charge is 2.53. The van der Waals surface area contributed by atoms with Gasteiger partial charge in [0, 0.05) is 31.9 Å². The third-order valence-corrected chi connectivity index (χ3v) is 6.33. The summed E-state index contributed by atoms with van der Waals surface area (Å²) in [5.41, 5.74) is 0.981. The van der Waals surface area contributed by atoms with Gasteiger partial charge < -0.3 is 4.90 Å². The summed E-state index contributed by atoms with van der Waals surface area (Å²) >= 11 is 0. The van der Waals surface area contributed by atoms with Crippen LogP contribution < -0.4 is 0 Å². The van der Waals surface area contributed by atoms with Crippen molar-refractivity contribution in [2.75, 3.05) is 38.2 Å². The van der Waals surface area contributed by atoms with Gasteiger partial charge in [-0.15, -0.1) is 0 Å². The summed E-state index contributed by atoms with van der Waals surface area (Å²) in [6, 6.07) is 10.7. The van der Waals surface area contributed by atoms with Crippen molar-refractivity contribution < 1.29 is 13.2 Å². The van der Waals surface area contributed by atoms with Crippen molar-refractivity contribution in [2.24, 2.45) is 5.41 Å². The molecule has 2 aliphatic rings. The number of benzene rings is 1. The van der Waals surface area contributed by atoms with E-state index in [-0.39, 0.29) is 17.1 Å². The van der Waals surface area contributed by atoms with Crippen LogP contribution in [0.15, 0.2) is 30.3 Å². The summed E-state index contributed by atoms with van der Waals surface area (Å²) in [7, 11) is -3.03. The van der Waals surface area contributed by atoms with E-state index >= 15 is 0 Å². The molecule has 0 radical (unpaired) electrons. The first-order chi connectivity index (χ1) is 11.3. The Balaban J connectivity index is 1.63. The molecule has 0 aliphatic carbocycles. The topological polar surface area (TPSA) is 57.7 Å². The fourth-order valence-electron chi connectivity index (χ4n) is 3.95. The number of β-lactam (4-membered cyclic amide) rings is 1. The molecule has 1 spiro atoms. The van der Waals surface area contributed by atoms with Gasteiger partial charge in [0.2, 0.25) is 5.91 Å². The molecule has 24 heavy (non-hydrogen) atoms. The average Bonchev–Trinajstić information content (AvgIpc) is 2.58. The van der Waals surface area contributed by atoms with Crippen molar-refractivity contribution in [1.29, 1.82) is 0 Å². The van der Waals surface area contributed by atoms with Gasteiger partial charge in [-0.25, -0.2) is 8.42 Å². The standard InChI is InChI=1S/C18H26N2O3S/c1-15(16-7-4-3-5-8-16)19-10-6-9-18(13-19)14-20(17(18)21)11-12-24(2,22)23/h3-5,7-8,15H,6,9-14H2,1-2H3. The van der Waals surface area contributed by atoms with Crippen LogP contribution in [0.5, 0.6) is 0 Å². The summed E-state index contributed by atoms with van der Waals surface area (Å²) in [6.45, 7) is 5.00. The van der Waals surface area contributed by atoms with Crippen LogP contribution >= 0.6 is 0 Å². The Morgan fingerprint density at radius 3 is 2.54 bits per heavy atom. The Hall–Kier alpha value is -1.40. The van der Waals surface area contributed by atoms with E-state index in [9.17, 15) is 13.2 Å². The van der Waals surface area contributed by atoms with Gasteiger partial charge in [-0.2, -0.15) is 0 Å². The molecule has 0 bridgehead atoms. The van der Waals surface area contributed by atoms with Crippen molar-refractivity contribution in [1.82, 2.24) is 9.80 Å². The Bertz CT molecular complexity index is 704. The van der Waals surface area contributed by atoms with Gasteiger partial charge in [-0.3, -0.25) is 9.69 Å². The third-order valence-electron chi connectivity index (χ3n) is 5.40. The second kappa shape index (κ2) is 6.48. The zero-order chi connectivity index (χ0) is 17.4. The fourth-order valence-corrected chi connectivity index (χ4v) is 4.50. The quantitative estimate of drug-likeness (QED) is 0.759. The molecule has 1 amide bonds. The molecule has 5 nitrogen and oxygen atoms in total. The van der Waals surface area contributed by atoms with Crippen molar-refractivity contribution in [3.63, 3.8) is 0 Å². The molecule has 2 aliphatic heterocycles. The van der Waals surface area contributed by atoms with Crippen LogP contribution in [0, 0.1) is 5.41 Å². The lowest BCUT2D eigenvalue weighted by molar-refractivity contribution is -0.166. The summed E-state index contributed by atoms with van der Waals surface area (Å²) in [5, 5.41) is 0. The van der Waals surface area contributed by atoms with Crippen LogP contribution in [-0.4, -0.2) is 62.3 Å². The molecule has 2 fully saturated rings. The largest absolute Gasteiger partial charge is 0.340 e. The van der Waals surface area contributed by atoms with E-state index in [1.807, 2.05) is 18.2 Å². The number of carbonyl (C=O) groups is 1. The molecule has 1 aromatic carbocycles. The van der Waals surface area contributed by atoms with E-state index < -0.39 is 9.84 Å². The molecular formula is C18H26N2O3S. The minimum atomic E-state index is -3.03. The number of sulfone groups is 1. The van der Waals surface area contributed by atoms with Gasteiger partial charge in [0.05, 0.1) is 11.2 Å². The second-order valence-electron chi connectivity index (χ2n) is 7.30. The first kappa shape index (κ1) is 17.4. The van der Waals surface area contributed by atoms with Crippen molar-refractivity contribution in [3.8, 4) is 0 Å². The third kappa shape index (κ3) is 3.49. The van der Waals surface area contributed by atoms with Gasteiger partial charge in [-0.05, 0) is 31.9 Å². The van der Waals surface area contributed by atoms with Crippen LogP contribution in [0.2, 0.25) is 0 Å². The molecular weight excluding hydrogens is 324 g/mol. The molecule has 2 heterocycles. The lowest BCUT2D eigenvalue weighted by atomic mass is 9.72. The second-order valence-corrected chi connectivity index (χ2v) is 9.56. The zero-order valence-corrected chi connectivity index (χ0v) is 15.3. The number of hydrogen-bond donors (Lipinski definition) is 0. The van der Waals surface area contributed by atoms with E-state index in [1.165, 1.54) is 11.8 Å². The number of hydrogen-bond acceptors (Lipinski definition) is 4. The summed E-state index contributed by atoms with van der Waals surface area (Å²) < 4.78 is 22.6. The molecule has 0 saturated carbocycles. The van der Waals surface area contributed by atoms with E-state index in [2.05, 4.69) is 24.0 Å². The highest BCUT2D eigenvalue weighted by molar-refractivity contribution is 7.90. The maximum atomic E-state index is 12.7. The molecule has 2 unspecified atom stereocenters. The minimum Gasteiger partial charge on any atom is -0.340 e. The smallest absolute Gasteiger partial charge is 0.231 e. The maximum Gasteiger partial charge on any atom is 0.231 e. The number of likely N-dealkylation sites (tertiary alicyclic amines) is 2. The van der Waals surface area contributed by atoms with E-state index in [4.69, 9.17) is 0 Å². The van der Waals surface area contributed by atoms with Crippen molar-refractivity contribution in [3.05, 3.63) is 35.9 Å². The van der Waals surface area contributed by atoms with Crippen LogP contribution in [0.1, 0.15) is 31.4 Å². The van der Waals surface area contributed by atoms with Crippen molar-refractivity contribution >= 4 is 15.7 Å². The predicted octanol–water partition coefficient (Wildman–Crippen LogP) is 1.72. The molecule has 1 aromatic rings. The maximum absolute atomic E-state index is 12.7. The summed E-state index contributed by atoms with van der Waals surface area (Å²) in [6.07, 6.45) is 3.15. The van der Waals surface area contributed by atoms with Gasteiger partial charge in [0.15, 0.2) is 0 Å². The molecule has 0 aromatic heterocycles. The molecule has 2 saturated heterocycles. The lowest BCUT2D eigenvalue weighted by Crippen LogP contribution is -2.67. The first-order valence-electron chi connectivity index (χ1n) is 8.57. The number of rotatable bonds is 5. The van der Waals surface area contributed by atoms with E-state index in [0.29, 0.717) is 19.1 Å². The van der Waals surface area contributed by atoms with Gasteiger partial charge in [0.1, 0.15) is 9.84 Å². The highest BCUT2D eigenvalue weighted by atomic mass is 32.2. The average molecular weight is 350 g/mol. The summed E-state index contributed by atoms with van der Waals surface area (Å²) in [5.74, 6) is 0.190. The Labute approximate surface area is 144 Å². The van der Waals surface area contributed by atoms with Gasteiger partial charge in [-0.1, -0.05) is 30.3 Å². The first-order valence-corrected chi connectivity index (χ1v) is 10.6. The normalized spacial score (nSPS) is 26.4. The molecule has 0 N–H and O–H groups in total. The minimum absolute atomic E-state index is 0.0545. The van der Waals surface area contributed by atoms with Crippen LogP contribution in [0.3, 0.4) is 0 Å². The number of piperidine rings is 1. The lowest BCUT2D eigenvalue weighted by Gasteiger charge is -2.54. The van der Waals surface area contributed by atoms with Gasteiger partial charge >= 0.3 is 0 Å². The summed E-state index contributed by atoms with van der Waals surface area (Å²) in [4.78, 5) is 16.8. The fraction of sp³-hybridized carbons (Fsp3) is 0.611. The van der Waals surface area contributed by atoms with E-state index in [1.54, 1.807) is 4.90 Å². The van der Waals surface area contributed by atoms with Crippen LogP contribution in [-0.2, 0) is 14.6 Å². The predicted molar refractivity (Wildman–Crippen MR) is 94.4 cm³/mol. The number of amides is 1. The Morgan fingerprint density at radius 2 is 1.92 bits per heavy atom. The van der Waals surface area contributed by atoms with E-state index in [0.717, 1.165) is 25.9 Å². The van der Waals surface area contributed by atoms with Crippen molar-refractivity contribution in [2.45, 2.75) is 25.8 Å². The number of carbonyl (C=O) groups excluding carboxylic acids is 1. The molecule has 6 heteroatoms. The molecule has 3 rings (SSSR count). The van der Waals surface area contributed by atoms with Crippen LogP contribution in [0.25, 0.3) is 0 Å². The SMILES string of the molecule is CC(c1ccccc1)N1CCCC2(CN(CCS(C)(=O)=O)C2=O)C1. The highest BCUT2D eigenvalue weighted by Crippen LogP contribution is 2.42. The number of nitrogens with zero attached hydrogens (tertiary/aromatic N) is 2. The zero-order valence-electron chi connectivity index (χ0n) is 14.4.